The lowest BCUT2D eigenvalue weighted by Gasteiger charge is -2.30. The molecule has 112 valence electrons. The van der Waals surface area contributed by atoms with Crippen LogP contribution < -0.4 is 5.32 Å². The molecule has 3 aliphatic rings. The van der Waals surface area contributed by atoms with Crippen LogP contribution in [0.4, 0.5) is 0 Å². The highest BCUT2D eigenvalue weighted by Gasteiger charge is 2.43. The third-order valence-corrected chi connectivity index (χ3v) is 5.31. The highest BCUT2D eigenvalue weighted by molar-refractivity contribution is 5.13. The molecule has 0 aromatic rings. The van der Waals surface area contributed by atoms with Gasteiger partial charge in [0.05, 0.1) is 6.07 Å². The van der Waals surface area contributed by atoms with E-state index in [1.165, 1.54) is 45.2 Å². The molecule has 2 unspecified atom stereocenters. The van der Waals surface area contributed by atoms with Crippen molar-refractivity contribution < 1.29 is 0 Å². The molecule has 3 saturated carbocycles. The Bertz CT molecular complexity index is 353. The molecule has 0 aromatic carbocycles. The molecule has 0 amide bonds. The van der Waals surface area contributed by atoms with Gasteiger partial charge in [0.1, 0.15) is 5.54 Å². The van der Waals surface area contributed by atoms with Gasteiger partial charge in [0.2, 0.25) is 0 Å². The number of rotatable bonds is 8. The minimum atomic E-state index is -0.230. The van der Waals surface area contributed by atoms with Crippen molar-refractivity contribution >= 4 is 0 Å². The first-order chi connectivity index (χ1) is 9.74. The van der Waals surface area contributed by atoms with Gasteiger partial charge >= 0.3 is 0 Å². The number of hydrogen-bond acceptors (Lipinski definition) is 3. The normalized spacial score (nSPS) is 33.5. The molecule has 0 aliphatic heterocycles. The smallest absolute Gasteiger partial charge is 0.108 e. The van der Waals surface area contributed by atoms with E-state index in [1.54, 1.807) is 0 Å². The number of nitrogens with one attached hydrogen (secondary N) is 1. The largest absolute Gasteiger partial charge is 0.300 e. The van der Waals surface area contributed by atoms with Gasteiger partial charge in [-0.1, -0.05) is 6.92 Å². The maximum absolute atomic E-state index is 9.60. The molecule has 0 saturated heterocycles. The Morgan fingerprint density at radius 2 is 1.80 bits per heavy atom. The van der Waals surface area contributed by atoms with E-state index in [-0.39, 0.29) is 5.54 Å². The molecule has 0 bridgehead atoms. The Morgan fingerprint density at radius 3 is 2.30 bits per heavy atom. The molecule has 3 heteroatoms. The second-order valence-corrected chi connectivity index (χ2v) is 7.36. The Balaban J connectivity index is 1.58. The van der Waals surface area contributed by atoms with Gasteiger partial charge in [0.25, 0.3) is 0 Å². The Kier molecular flexibility index (Phi) is 4.33. The molecule has 0 aromatic heterocycles. The van der Waals surface area contributed by atoms with E-state index in [4.69, 9.17) is 0 Å². The molecular weight excluding hydrogens is 246 g/mol. The molecule has 0 heterocycles. The van der Waals surface area contributed by atoms with Crippen LogP contribution in [0.25, 0.3) is 0 Å². The molecular formula is C17H29N3. The first-order valence-electron chi connectivity index (χ1n) is 8.65. The third kappa shape index (κ3) is 3.54. The van der Waals surface area contributed by atoms with E-state index >= 15 is 0 Å². The summed E-state index contributed by atoms with van der Waals surface area (Å²) in [6.45, 7) is 5.76. The van der Waals surface area contributed by atoms with Crippen molar-refractivity contribution in [1.29, 1.82) is 5.26 Å². The van der Waals surface area contributed by atoms with Crippen molar-refractivity contribution in [2.75, 3.05) is 19.6 Å². The van der Waals surface area contributed by atoms with Gasteiger partial charge in [-0.3, -0.25) is 10.2 Å². The monoisotopic (exact) mass is 275 g/mol. The fourth-order valence-electron chi connectivity index (χ4n) is 3.63. The topological polar surface area (TPSA) is 39.1 Å². The van der Waals surface area contributed by atoms with Crippen LogP contribution in [0.1, 0.15) is 58.3 Å². The Morgan fingerprint density at radius 1 is 1.15 bits per heavy atom. The van der Waals surface area contributed by atoms with Crippen molar-refractivity contribution in [3.05, 3.63) is 0 Å². The average molecular weight is 275 g/mol. The first-order valence-corrected chi connectivity index (χ1v) is 8.65. The van der Waals surface area contributed by atoms with Crippen LogP contribution in [0.15, 0.2) is 0 Å². The van der Waals surface area contributed by atoms with Crippen molar-refractivity contribution in [2.45, 2.75) is 69.9 Å². The van der Waals surface area contributed by atoms with E-state index in [0.29, 0.717) is 6.04 Å². The molecule has 0 spiro atoms. The summed E-state index contributed by atoms with van der Waals surface area (Å²) >= 11 is 0. The van der Waals surface area contributed by atoms with Crippen molar-refractivity contribution in [3.8, 4) is 6.07 Å². The van der Waals surface area contributed by atoms with E-state index in [9.17, 15) is 5.26 Å². The quantitative estimate of drug-likeness (QED) is 0.740. The first kappa shape index (κ1) is 14.4. The fourth-order valence-corrected chi connectivity index (χ4v) is 3.63. The molecule has 1 N–H and O–H groups in total. The van der Waals surface area contributed by atoms with Gasteiger partial charge in [-0.25, -0.2) is 0 Å². The zero-order chi connectivity index (χ0) is 14.0. The van der Waals surface area contributed by atoms with Gasteiger partial charge in [-0.05, 0) is 69.7 Å². The minimum Gasteiger partial charge on any atom is -0.300 e. The molecule has 3 nitrogen and oxygen atoms in total. The fraction of sp³-hybridized carbons (Fsp3) is 0.941. The zero-order valence-electron chi connectivity index (χ0n) is 12.9. The van der Waals surface area contributed by atoms with Crippen LogP contribution in [-0.4, -0.2) is 36.1 Å². The van der Waals surface area contributed by atoms with Crippen molar-refractivity contribution in [2.24, 2.45) is 11.8 Å². The minimum absolute atomic E-state index is 0.230. The average Bonchev–Trinajstić information content (AvgIpc) is 3.38. The molecule has 3 aliphatic carbocycles. The zero-order valence-corrected chi connectivity index (χ0v) is 12.9. The van der Waals surface area contributed by atoms with Crippen LogP contribution in [0.5, 0.6) is 0 Å². The van der Waals surface area contributed by atoms with Crippen LogP contribution in [0.3, 0.4) is 0 Å². The maximum Gasteiger partial charge on any atom is 0.108 e. The number of nitriles is 1. The predicted octanol–water partition coefficient (Wildman–Crippen LogP) is 2.92. The summed E-state index contributed by atoms with van der Waals surface area (Å²) in [7, 11) is 0. The summed E-state index contributed by atoms with van der Waals surface area (Å²) in [6, 6.07) is 3.25. The lowest BCUT2D eigenvalue weighted by Crippen LogP contribution is -2.45. The summed E-state index contributed by atoms with van der Waals surface area (Å²) < 4.78 is 0. The Hall–Kier alpha value is -0.590. The molecule has 0 radical (unpaired) electrons. The maximum atomic E-state index is 9.60. The molecule has 2 atom stereocenters. The van der Waals surface area contributed by atoms with Crippen LogP contribution in [0, 0.1) is 23.2 Å². The lowest BCUT2D eigenvalue weighted by molar-refractivity contribution is 0.176. The van der Waals surface area contributed by atoms with E-state index < -0.39 is 0 Å². The summed E-state index contributed by atoms with van der Waals surface area (Å²) in [5.74, 6) is 1.93. The summed E-state index contributed by atoms with van der Waals surface area (Å²) in [4.78, 5) is 2.75. The van der Waals surface area contributed by atoms with Gasteiger partial charge in [-0.2, -0.15) is 5.26 Å². The van der Waals surface area contributed by atoms with Crippen molar-refractivity contribution in [3.63, 3.8) is 0 Å². The summed E-state index contributed by atoms with van der Waals surface area (Å²) in [5, 5.41) is 13.1. The third-order valence-electron chi connectivity index (χ3n) is 5.31. The molecule has 20 heavy (non-hydrogen) atoms. The van der Waals surface area contributed by atoms with E-state index in [0.717, 1.165) is 37.6 Å². The van der Waals surface area contributed by atoms with Gasteiger partial charge in [-0.15, -0.1) is 0 Å². The van der Waals surface area contributed by atoms with Crippen LogP contribution in [0.2, 0.25) is 0 Å². The highest BCUT2D eigenvalue weighted by atomic mass is 15.2. The summed E-state index contributed by atoms with van der Waals surface area (Å²) in [6.07, 6.45) is 10.2. The van der Waals surface area contributed by atoms with Crippen molar-refractivity contribution in [1.82, 2.24) is 10.2 Å². The van der Waals surface area contributed by atoms with Gasteiger partial charge in [0, 0.05) is 19.1 Å². The second-order valence-electron chi connectivity index (χ2n) is 7.36. The standard InChI is InChI=1S/C17H29N3/c1-2-9-19-17(13-18)8-7-16(10-17)20(11-14-3-4-14)12-15-5-6-15/h14-16,19H,2-12H2,1H3. The highest BCUT2D eigenvalue weighted by Crippen LogP contribution is 2.39. The second kappa shape index (κ2) is 6.03. The predicted molar refractivity (Wildman–Crippen MR) is 81.3 cm³/mol. The number of hydrogen-bond donors (Lipinski definition) is 1. The summed E-state index contributed by atoms with van der Waals surface area (Å²) in [5.41, 5.74) is -0.230. The molecule has 3 fully saturated rings. The van der Waals surface area contributed by atoms with Gasteiger partial charge in [0.15, 0.2) is 0 Å². The lowest BCUT2D eigenvalue weighted by atomic mass is 9.99. The Labute approximate surface area is 123 Å². The SMILES string of the molecule is CCCNC1(C#N)CCC(N(CC2CC2)CC2CC2)C1. The van der Waals surface area contributed by atoms with Crippen LogP contribution in [-0.2, 0) is 0 Å². The number of nitrogens with zero attached hydrogens (tertiary/aromatic N) is 2. The molecule has 3 rings (SSSR count). The van der Waals surface area contributed by atoms with E-state index in [2.05, 4.69) is 23.2 Å². The van der Waals surface area contributed by atoms with Crippen LogP contribution >= 0.6 is 0 Å². The van der Waals surface area contributed by atoms with Gasteiger partial charge < -0.3 is 0 Å². The van der Waals surface area contributed by atoms with E-state index in [1.807, 2.05) is 0 Å².